The monoisotopic (exact) mass is 189 g/mol. The molecule has 0 radical (unpaired) electrons. The van der Waals surface area contributed by atoms with Crippen LogP contribution >= 0.6 is 0 Å². The maximum atomic E-state index is 12.3. The summed E-state index contributed by atoms with van der Waals surface area (Å²) < 4.78 is 24.6. The summed E-state index contributed by atoms with van der Waals surface area (Å²) in [5, 5.41) is 8.69. The highest BCUT2D eigenvalue weighted by molar-refractivity contribution is 5.26. The van der Waals surface area contributed by atoms with Crippen molar-refractivity contribution in [1.29, 1.82) is 0 Å². The van der Waals surface area contributed by atoms with Gasteiger partial charge in [-0.3, -0.25) is 4.79 Å². The van der Waals surface area contributed by atoms with Crippen LogP contribution in [0.25, 0.3) is 0 Å². The van der Waals surface area contributed by atoms with Gasteiger partial charge in [0.2, 0.25) is 0 Å². The van der Waals surface area contributed by atoms with E-state index in [0.29, 0.717) is 5.69 Å². The van der Waals surface area contributed by atoms with E-state index in [0.717, 1.165) is 6.07 Å². The smallest absolute Gasteiger partial charge is 0.264 e. The Hall–Kier alpha value is -1.23. The second-order valence-corrected chi connectivity index (χ2v) is 2.67. The molecule has 1 rings (SSSR count). The van der Waals surface area contributed by atoms with Crippen LogP contribution in [0.15, 0.2) is 10.9 Å². The number of nitrogens with one attached hydrogen (secondary N) is 1. The van der Waals surface area contributed by atoms with Crippen molar-refractivity contribution in [3.05, 3.63) is 33.2 Å². The fraction of sp³-hybridized carbons (Fsp3) is 0.375. The molecule has 0 bridgehead atoms. The minimum absolute atomic E-state index is 0.263. The molecular weight excluding hydrogens is 180 g/mol. The molecule has 0 aromatic carbocycles. The molecule has 72 valence electrons. The Morgan fingerprint density at radius 2 is 2.23 bits per heavy atom. The number of aromatic amines is 1. The van der Waals surface area contributed by atoms with Crippen molar-refractivity contribution in [3.63, 3.8) is 0 Å². The Labute approximate surface area is 73.0 Å². The van der Waals surface area contributed by atoms with Gasteiger partial charge in [-0.05, 0) is 13.0 Å². The second kappa shape index (κ2) is 3.66. The van der Waals surface area contributed by atoms with Crippen LogP contribution in [0.3, 0.4) is 0 Å². The number of H-pyrrole nitrogens is 1. The van der Waals surface area contributed by atoms with Crippen LogP contribution in [0.4, 0.5) is 8.78 Å². The Kier molecular flexibility index (Phi) is 2.77. The summed E-state index contributed by atoms with van der Waals surface area (Å²) in [6, 6.07) is 1.16. The average molecular weight is 189 g/mol. The highest BCUT2D eigenvalue weighted by Crippen LogP contribution is 2.20. The van der Waals surface area contributed by atoms with E-state index in [2.05, 4.69) is 4.98 Å². The van der Waals surface area contributed by atoms with Crippen LogP contribution in [-0.4, -0.2) is 10.1 Å². The first-order valence-corrected chi connectivity index (χ1v) is 3.68. The summed E-state index contributed by atoms with van der Waals surface area (Å²) in [6.07, 6.45) is -2.73. The van der Waals surface area contributed by atoms with E-state index in [1.165, 1.54) is 6.92 Å². The van der Waals surface area contributed by atoms with Crippen LogP contribution in [0, 0.1) is 6.92 Å². The van der Waals surface area contributed by atoms with Gasteiger partial charge < -0.3 is 10.1 Å². The first kappa shape index (κ1) is 9.85. The lowest BCUT2D eigenvalue weighted by atomic mass is 10.1. The number of alkyl halides is 2. The molecule has 1 aromatic rings. The number of hydrogen-bond acceptors (Lipinski definition) is 2. The number of aliphatic hydroxyl groups excluding tert-OH is 1. The normalized spacial score (nSPS) is 10.8. The van der Waals surface area contributed by atoms with Crippen LogP contribution in [0.2, 0.25) is 0 Å². The molecule has 0 amide bonds. The van der Waals surface area contributed by atoms with Crippen LogP contribution in [0.1, 0.15) is 23.2 Å². The summed E-state index contributed by atoms with van der Waals surface area (Å²) in [5.41, 5.74) is -0.959. The zero-order valence-corrected chi connectivity index (χ0v) is 6.97. The Morgan fingerprint density at radius 3 is 2.69 bits per heavy atom. The number of halogens is 2. The van der Waals surface area contributed by atoms with Gasteiger partial charge in [0.1, 0.15) is 0 Å². The number of pyridine rings is 1. The SMILES string of the molecule is Cc1cc(C(F)F)c(CO)c(=O)[nH]1. The molecule has 0 aliphatic carbocycles. The van der Waals surface area contributed by atoms with Crippen molar-refractivity contribution in [2.75, 3.05) is 0 Å². The van der Waals surface area contributed by atoms with Crippen LogP contribution in [-0.2, 0) is 6.61 Å². The zero-order chi connectivity index (χ0) is 10.0. The fourth-order valence-electron chi connectivity index (χ4n) is 1.10. The largest absolute Gasteiger partial charge is 0.391 e. The lowest BCUT2D eigenvalue weighted by molar-refractivity contribution is 0.146. The highest BCUT2D eigenvalue weighted by Gasteiger charge is 2.15. The summed E-state index contributed by atoms with van der Waals surface area (Å²) in [7, 11) is 0. The predicted molar refractivity (Wildman–Crippen MR) is 42.7 cm³/mol. The van der Waals surface area contributed by atoms with Gasteiger partial charge in [0, 0.05) is 11.3 Å². The summed E-state index contributed by atoms with van der Waals surface area (Å²) in [5.74, 6) is 0. The lowest BCUT2D eigenvalue weighted by Crippen LogP contribution is -2.17. The van der Waals surface area contributed by atoms with Crippen molar-refractivity contribution in [2.24, 2.45) is 0 Å². The molecule has 0 atom stereocenters. The van der Waals surface area contributed by atoms with E-state index in [1.54, 1.807) is 0 Å². The topological polar surface area (TPSA) is 53.1 Å². The first-order valence-electron chi connectivity index (χ1n) is 3.68. The van der Waals surface area contributed by atoms with E-state index in [4.69, 9.17) is 5.11 Å². The van der Waals surface area contributed by atoms with Gasteiger partial charge in [-0.15, -0.1) is 0 Å². The minimum atomic E-state index is -2.73. The Morgan fingerprint density at radius 1 is 1.62 bits per heavy atom. The number of aryl methyl sites for hydroxylation is 1. The van der Waals surface area contributed by atoms with Crippen LogP contribution < -0.4 is 5.56 Å². The van der Waals surface area contributed by atoms with Gasteiger partial charge in [-0.2, -0.15) is 0 Å². The van der Waals surface area contributed by atoms with Crippen molar-refractivity contribution >= 4 is 0 Å². The van der Waals surface area contributed by atoms with E-state index in [9.17, 15) is 13.6 Å². The molecule has 0 fully saturated rings. The molecule has 5 heteroatoms. The lowest BCUT2D eigenvalue weighted by Gasteiger charge is -2.05. The number of hydrogen-bond donors (Lipinski definition) is 2. The quantitative estimate of drug-likeness (QED) is 0.732. The average Bonchev–Trinajstić information content (AvgIpc) is 2.02. The molecule has 0 saturated carbocycles. The molecule has 3 nitrogen and oxygen atoms in total. The predicted octanol–water partition coefficient (Wildman–Crippen LogP) is 1.11. The molecular formula is C8H9F2NO2. The maximum absolute atomic E-state index is 12.3. The van der Waals surface area contributed by atoms with Gasteiger partial charge in [0.25, 0.3) is 12.0 Å². The number of aliphatic hydroxyl groups is 1. The molecule has 2 N–H and O–H groups in total. The molecule has 0 aliphatic rings. The third kappa shape index (κ3) is 1.92. The standard InChI is InChI=1S/C8H9F2NO2/c1-4-2-5(7(9)10)6(3-12)8(13)11-4/h2,7,12H,3H2,1H3,(H,11,13). The highest BCUT2D eigenvalue weighted by atomic mass is 19.3. The van der Waals surface area contributed by atoms with Gasteiger partial charge in [0.15, 0.2) is 0 Å². The van der Waals surface area contributed by atoms with Gasteiger partial charge in [-0.25, -0.2) is 8.78 Å². The Bertz CT molecular complexity index is 360. The van der Waals surface area contributed by atoms with E-state index in [-0.39, 0.29) is 5.56 Å². The maximum Gasteiger partial charge on any atom is 0.264 e. The first-order chi connectivity index (χ1) is 6.06. The van der Waals surface area contributed by atoms with Gasteiger partial charge >= 0.3 is 0 Å². The van der Waals surface area contributed by atoms with Gasteiger partial charge in [-0.1, -0.05) is 0 Å². The van der Waals surface area contributed by atoms with Gasteiger partial charge in [0.05, 0.1) is 12.2 Å². The van der Waals surface area contributed by atoms with E-state index in [1.807, 2.05) is 0 Å². The number of aromatic nitrogens is 1. The van der Waals surface area contributed by atoms with Crippen molar-refractivity contribution < 1.29 is 13.9 Å². The molecule has 0 saturated heterocycles. The zero-order valence-electron chi connectivity index (χ0n) is 6.97. The third-order valence-corrected chi connectivity index (χ3v) is 1.70. The number of rotatable bonds is 2. The third-order valence-electron chi connectivity index (χ3n) is 1.70. The minimum Gasteiger partial charge on any atom is -0.391 e. The summed E-state index contributed by atoms with van der Waals surface area (Å²) in [6.45, 7) is 0.837. The molecule has 0 aliphatic heterocycles. The second-order valence-electron chi connectivity index (χ2n) is 2.67. The van der Waals surface area contributed by atoms with Crippen molar-refractivity contribution in [1.82, 2.24) is 4.98 Å². The van der Waals surface area contributed by atoms with Crippen molar-refractivity contribution in [3.8, 4) is 0 Å². The molecule has 1 heterocycles. The van der Waals surface area contributed by atoms with E-state index < -0.39 is 24.2 Å². The summed E-state index contributed by atoms with van der Waals surface area (Å²) in [4.78, 5) is 13.4. The molecule has 13 heavy (non-hydrogen) atoms. The fourth-order valence-corrected chi connectivity index (χ4v) is 1.10. The molecule has 0 spiro atoms. The molecule has 1 aromatic heterocycles. The van der Waals surface area contributed by atoms with Crippen molar-refractivity contribution in [2.45, 2.75) is 20.0 Å². The summed E-state index contributed by atoms with van der Waals surface area (Å²) >= 11 is 0. The van der Waals surface area contributed by atoms with Crippen LogP contribution in [0.5, 0.6) is 0 Å². The van der Waals surface area contributed by atoms with E-state index >= 15 is 0 Å². The molecule has 0 unspecified atom stereocenters. The Balaban J connectivity index is 3.38.